The van der Waals surface area contributed by atoms with Gasteiger partial charge in [-0.15, -0.1) is 0 Å². The van der Waals surface area contributed by atoms with Crippen molar-refractivity contribution in [3.05, 3.63) is 52.2 Å². The summed E-state index contributed by atoms with van der Waals surface area (Å²) in [5, 5.41) is 2.81. The Bertz CT molecular complexity index is 831. The predicted molar refractivity (Wildman–Crippen MR) is 92.0 cm³/mol. The minimum atomic E-state index is -0.409. The summed E-state index contributed by atoms with van der Waals surface area (Å²) < 4.78 is 12.8. The van der Waals surface area contributed by atoms with Gasteiger partial charge in [0.15, 0.2) is 11.5 Å². The number of benzene rings is 1. The predicted octanol–water partition coefficient (Wildman–Crippen LogP) is 1.21. The van der Waals surface area contributed by atoms with Gasteiger partial charge in [-0.1, -0.05) is 12.1 Å². The maximum absolute atomic E-state index is 12.1. The van der Waals surface area contributed by atoms with E-state index in [1.807, 2.05) is 24.3 Å². The van der Waals surface area contributed by atoms with Crippen molar-refractivity contribution in [1.82, 2.24) is 14.9 Å². The summed E-state index contributed by atoms with van der Waals surface area (Å²) in [7, 11) is 0. The third-order valence-electron chi connectivity index (χ3n) is 4.00. The van der Waals surface area contributed by atoms with Crippen LogP contribution in [0.15, 0.2) is 35.1 Å². The molecule has 1 aliphatic rings. The molecule has 0 unspecified atom stereocenters. The second kappa shape index (κ2) is 7.38. The van der Waals surface area contributed by atoms with Crippen molar-refractivity contribution >= 4 is 5.91 Å². The Balaban J connectivity index is 1.48. The van der Waals surface area contributed by atoms with Gasteiger partial charge in [0, 0.05) is 24.4 Å². The highest BCUT2D eigenvalue weighted by Crippen LogP contribution is 2.31. The van der Waals surface area contributed by atoms with Crippen LogP contribution in [0.2, 0.25) is 0 Å². The molecular weight excluding hydrogens is 322 g/mol. The molecule has 0 aliphatic carbocycles. The quantitative estimate of drug-likeness (QED) is 0.882. The second-order valence-electron chi connectivity index (χ2n) is 6.04. The molecule has 7 heteroatoms. The van der Waals surface area contributed by atoms with E-state index in [9.17, 15) is 9.59 Å². The van der Waals surface area contributed by atoms with Crippen molar-refractivity contribution in [3.8, 4) is 11.5 Å². The van der Waals surface area contributed by atoms with Crippen LogP contribution in [0.4, 0.5) is 0 Å². The summed E-state index contributed by atoms with van der Waals surface area (Å²) >= 11 is 0. The van der Waals surface area contributed by atoms with Gasteiger partial charge in [-0.2, -0.15) is 4.98 Å². The second-order valence-corrected chi connectivity index (χ2v) is 6.04. The number of carbonyl (C=O) groups is 1. The number of aryl methyl sites for hydroxylation is 2. The van der Waals surface area contributed by atoms with Crippen molar-refractivity contribution in [1.29, 1.82) is 0 Å². The first kappa shape index (κ1) is 17.0. The average Bonchev–Trinajstić information content (AvgIpc) is 2.58. The van der Waals surface area contributed by atoms with E-state index < -0.39 is 5.69 Å². The van der Waals surface area contributed by atoms with E-state index in [1.54, 1.807) is 19.9 Å². The van der Waals surface area contributed by atoms with Crippen LogP contribution in [-0.4, -0.2) is 34.7 Å². The Hall–Kier alpha value is -2.83. The molecule has 1 N–H and O–H groups in total. The van der Waals surface area contributed by atoms with E-state index in [2.05, 4.69) is 10.3 Å². The summed E-state index contributed by atoms with van der Waals surface area (Å²) in [6.07, 6.45) is 0.515. The Morgan fingerprint density at radius 2 is 2.08 bits per heavy atom. The highest BCUT2D eigenvalue weighted by atomic mass is 16.6. The minimum Gasteiger partial charge on any atom is -0.486 e. The molecule has 1 aliphatic heterocycles. The van der Waals surface area contributed by atoms with Gasteiger partial charge in [-0.25, -0.2) is 4.79 Å². The Kier molecular flexibility index (Phi) is 5.02. The van der Waals surface area contributed by atoms with Crippen LogP contribution in [0.5, 0.6) is 11.5 Å². The highest BCUT2D eigenvalue weighted by Gasteiger charge is 2.20. The maximum atomic E-state index is 12.1. The van der Waals surface area contributed by atoms with Crippen LogP contribution in [0.3, 0.4) is 0 Å². The average molecular weight is 343 g/mol. The van der Waals surface area contributed by atoms with Crippen molar-refractivity contribution in [3.63, 3.8) is 0 Å². The Labute approximate surface area is 145 Å². The van der Waals surface area contributed by atoms with Gasteiger partial charge in [-0.3, -0.25) is 9.36 Å². The summed E-state index contributed by atoms with van der Waals surface area (Å²) in [6.45, 7) is 4.40. The van der Waals surface area contributed by atoms with Crippen LogP contribution in [0.1, 0.15) is 17.8 Å². The summed E-state index contributed by atoms with van der Waals surface area (Å²) in [5.74, 6) is 1.23. The molecule has 0 spiro atoms. The number of hydrogen-bond acceptors (Lipinski definition) is 5. The zero-order valence-corrected chi connectivity index (χ0v) is 14.3. The number of rotatable bonds is 5. The van der Waals surface area contributed by atoms with Crippen LogP contribution in [0, 0.1) is 13.8 Å². The molecule has 1 amide bonds. The molecule has 2 aromatic rings. The smallest absolute Gasteiger partial charge is 0.348 e. The van der Waals surface area contributed by atoms with Gasteiger partial charge in [-0.05, 0) is 32.0 Å². The molecule has 3 rings (SSSR count). The molecule has 25 heavy (non-hydrogen) atoms. The van der Waals surface area contributed by atoms with E-state index in [0.29, 0.717) is 31.0 Å². The molecule has 2 heterocycles. The lowest BCUT2D eigenvalue weighted by atomic mass is 10.2. The van der Waals surface area contributed by atoms with Gasteiger partial charge >= 0.3 is 5.69 Å². The van der Waals surface area contributed by atoms with E-state index in [1.165, 1.54) is 4.57 Å². The summed E-state index contributed by atoms with van der Waals surface area (Å²) in [6, 6.07) is 9.29. The summed E-state index contributed by atoms with van der Waals surface area (Å²) in [4.78, 5) is 27.8. The van der Waals surface area contributed by atoms with E-state index in [4.69, 9.17) is 9.47 Å². The number of amides is 1. The fourth-order valence-corrected chi connectivity index (χ4v) is 2.74. The number of ether oxygens (including phenoxy) is 2. The van der Waals surface area contributed by atoms with Gasteiger partial charge in [0.2, 0.25) is 5.91 Å². The fourth-order valence-electron chi connectivity index (χ4n) is 2.74. The minimum absolute atomic E-state index is 0.0389. The third kappa shape index (κ3) is 4.17. The largest absolute Gasteiger partial charge is 0.486 e. The highest BCUT2D eigenvalue weighted by molar-refractivity contribution is 5.75. The van der Waals surface area contributed by atoms with Gasteiger partial charge in [0.1, 0.15) is 19.3 Å². The number of aromatic nitrogens is 2. The monoisotopic (exact) mass is 343 g/mol. The number of hydrogen-bond donors (Lipinski definition) is 1. The van der Waals surface area contributed by atoms with Crippen LogP contribution < -0.4 is 20.5 Å². The zero-order chi connectivity index (χ0) is 17.8. The molecule has 132 valence electrons. The molecule has 7 nitrogen and oxygen atoms in total. The SMILES string of the molecule is Cc1cc(C)n(CC(=O)NCC[C@H]2COc3ccccc3O2)c(=O)n1. The zero-order valence-electron chi connectivity index (χ0n) is 14.3. The van der Waals surface area contributed by atoms with Crippen molar-refractivity contribution in [2.75, 3.05) is 13.2 Å². The lowest BCUT2D eigenvalue weighted by Crippen LogP contribution is -2.37. The number of nitrogens with one attached hydrogen (secondary N) is 1. The van der Waals surface area contributed by atoms with Crippen molar-refractivity contribution < 1.29 is 14.3 Å². The van der Waals surface area contributed by atoms with E-state index >= 15 is 0 Å². The molecular formula is C18H21N3O4. The Morgan fingerprint density at radius 3 is 2.84 bits per heavy atom. The van der Waals surface area contributed by atoms with Crippen LogP contribution in [-0.2, 0) is 11.3 Å². The van der Waals surface area contributed by atoms with Crippen molar-refractivity contribution in [2.24, 2.45) is 0 Å². The topological polar surface area (TPSA) is 82.5 Å². The molecule has 0 fully saturated rings. The molecule has 0 saturated heterocycles. The third-order valence-corrected chi connectivity index (χ3v) is 4.00. The molecule has 0 bridgehead atoms. The van der Waals surface area contributed by atoms with Crippen LogP contribution in [0.25, 0.3) is 0 Å². The fraction of sp³-hybridized carbons (Fsp3) is 0.389. The van der Waals surface area contributed by atoms with Gasteiger partial charge in [0.05, 0.1) is 0 Å². The lowest BCUT2D eigenvalue weighted by Gasteiger charge is -2.26. The van der Waals surface area contributed by atoms with E-state index in [-0.39, 0.29) is 18.6 Å². The first-order chi connectivity index (χ1) is 12.0. The molecule has 1 aromatic carbocycles. The first-order valence-corrected chi connectivity index (χ1v) is 8.23. The molecule has 0 radical (unpaired) electrons. The molecule has 1 atom stereocenters. The number of fused-ring (bicyclic) bond motifs is 1. The number of carbonyl (C=O) groups excluding carboxylic acids is 1. The van der Waals surface area contributed by atoms with Crippen molar-refractivity contribution in [2.45, 2.75) is 32.9 Å². The standard InChI is InChI=1S/C18H21N3O4/c1-12-9-13(2)21(18(23)20-12)10-17(22)19-8-7-14-11-24-15-5-3-4-6-16(15)25-14/h3-6,9,14H,7-8,10-11H2,1-2H3,(H,19,22)/t14-/m0/s1. The molecule has 0 saturated carbocycles. The summed E-state index contributed by atoms with van der Waals surface area (Å²) in [5.41, 5.74) is 0.954. The van der Waals surface area contributed by atoms with Gasteiger partial charge in [0.25, 0.3) is 0 Å². The molecule has 1 aromatic heterocycles. The number of para-hydroxylation sites is 2. The number of nitrogens with zero attached hydrogens (tertiary/aromatic N) is 2. The lowest BCUT2D eigenvalue weighted by molar-refractivity contribution is -0.121. The van der Waals surface area contributed by atoms with Gasteiger partial charge < -0.3 is 14.8 Å². The van der Waals surface area contributed by atoms with E-state index in [0.717, 1.165) is 11.5 Å². The first-order valence-electron chi connectivity index (χ1n) is 8.23. The normalized spacial score (nSPS) is 15.7. The van der Waals surface area contributed by atoms with Crippen LogP contribution >= 0.6 is 0 Å². The Morgan fingerprint density at radius 1 is 1.32 bits per heavy atom. The maximum Gasteiger partial charge on any atom is 0.348 e.